The molecule has 0 spiro atoms. The van der Waals surface area contributed by atoms with E-state index >= 15 is 0 Å². The standard InChI is InChI=1S/C19H29N5O4/c1-11(2)7-14(17(25)27-5)22-16-13(9-20)10-21-19(24-16)23-15(8-12(3)4)18(26)28-6/h10-12,14-15H,7-8H2,1-6H3,(H2,21,22,23,24). The molecule has 1 aromatic heterocycles. The molecule has 28 heavy (non-hydrogen) atoms. The Morgan fingerprint density at radius 3 is 1.96 bits per heavy atom. The Morgan fingerprint density at radius 1 is 1.04 bits per heavy atom. The first-order chi connectivity index (χ1) is 13.2. The van der Waals surface area contributed by atoms with Crippen molar-refractivity contribution in [1.82, 2.24) is 9.97 Å². The van der Waals surface area contributed by atoms with Crippen molar-refractivity contribution in [3.63, 3.8) is 0 Å². The summed E-state index contributed by atoms with van der Waals surface area (Å²) in [4.78, 5) is 32.5. The van der Waals surface area contributed by atoms with Gasteiger partial charge in [0.1, 0.15) is 29.5 Å². The molecule has 9 heteroatoms. The number of nitrogens with one attached hydrogen (secondary N) is 2. The molecule has 0 saturated carbocycles. The van der Waals surface area contributed by atoms with Gasteiger partial charge in [-0.15, -0.1) is 0 Å². The molecule has 0 amide bonds. The summed E-state index contributed by atoms with van der Waals surface area (Å²) in [6, 6.07) is 0.712. The van der Waals surface area contributed by atoms with E-state index in [9.17, 15) is 14.9 Å². The van der Waals surface area contributed by atoms with Crippen molar-refractivity contribution in [3.05, 3.63) is 11.8 Å². The third-order valence-corrected chi connectivity index (χ3v) is 3.91. The lowest BCUT2D eigenvalue weighted by Crippen LogP contribution is -2.34. The number of hydrogen-bond acceptors (Lipinski definition) is 9. The largest absolute Gasteiger partial charge is 0.467 e. The minimum atomic E-state index is -0.660. The van der Waals surface area contributed by atoms with Crippen LogP contribution in [0.25, 0.3) is 0 Å². The van der Waals surface area contributed by atoms with E-state index in [0.29, 0.717) is 12.8 Å². The fourth-order valence-corrected chi connectivity index (χ4v) is 2.62. The highest BCUT2D eigenvalue weighted by atomic mass is 16.5. The Labute approximate surface area is 165 Å². The third-order valence-electron chi connectivity index (χ3n) is 3.91. The molecule has 154 valence electrons. The fourth-order valence-electron chi connectivity index (χ4n) is 2.62. The zero-order valence-corrected chi connectivity index (χ0v) is 17.3. The third kappa shape index (κ3) is 7.02. The predicted molar refractivity (Wildman–Crippen MR) is 105 cm³/mol. The molecule has 0 aromatic carbocycles. The SMILES string of the molecule is COC(=O)C(CC(C)C)Nc1ncc(C#N)c(NC(CC(C)C)C(=O)OC)n1. The monoisotopic (exact) mass is 391 g/mol. The lowest BCUT2D eigenvalue weighted by Gasteiger charge is -2.21. The van der Waals surface area contributed by atoms with Crippen LogP contribution in [-0.4, -0.2) is 48.2 Å². The van der Waals surface area contributed by atoms with Crippen LogP contribution in [0.4, 0.5) is 11.8 Å². The zero-order valence-electron chi connectivity index (χ0n) is 17.3. The van der Waals surface area contributed by atoms with Gasteiger partial charge in [-0.05, 0) is 24.7 Å². The lowest BCUT2D eigenvalue weighted by molar-refractivity contribution is -0.142. The first-order valence-electron chi connectivity index (χ1n) is 9.17. The number of esters is 2. The van der Waals surface area contributed by atoms with Crippen LogP contribution in [0, 0.1) is 23.2 Å². The molecule has 2 atom stereocenters. The summed E-state index contributed by atoms with van der Waals surface area (Å²) in [6.45, 7) is 7.92. The number of anilines is 2. The molecular weight excluding hydrogens is 362 g/mol. The Morgan fingerprint density at radius 2 is 1.54 bits per heavy atom. The maximum absolute atomic E-state index is 12.1. The van der Waals surface area contributed by atoms with Gasteiger partial charge in [-0.1, -0.05) is 27.7 Å². The number of rotatable bonds is 10. The molecule has 1 heterocycles. The van der Waals surface area contributed by atoms with E-state index in [0.717, 1.165) is 0 Å². The number of aromatic nitrogens is 2. The molecule has 0 bridgehead atoms. The number of hydrogen-bond donors (Lipinski definition) is 2. The van der Waals surface area contributed by atoms with Crippen molar-refractivity contribution in [2.45, 2.75) is 52.6 Å². The molecule has 0 fully saturated rings. The number of nitrogens with zero attached hydrogens (tertiary/aromatic N) is 3. The first-order valence-corrected chi connectivity index (χ1v) is 9.17. The van der Waals surface area contributed by atoms with Gasteiger partial charge in [-0.3, -0.25) is 0 Å². The van der Waals surface area contributed by atoms with Crippen LogP contribution in [0.1, 0.15) is 46.1 Å². The second-order valence-corrected chi connectivity index (χ2v) is 7.27. The molecule has 0 saturated heterocycles. The van der Waals surface area contributed by atoms with Gasteiger partial charge < -0.3 is 20.1 Å². The van der Waals surface area contributed by atoms with Crippen LogP contribution in [0.5, 0.6) is 0 Å². The Kier molecular flexibility index (Phi) is 9.15. The van der Waals surface area contributed by atoms with E-state index in [1.807, 2.05) is 33.8 Å². The summed E-state index contributed by atoms with van der Waals surface area (Å²) >= 11 is 0. The maximum Gasteiger partial charge on any atom is 0.328 e. The van der Waals surface area contributed by atoms with E-state index < -0.39 is 24.0 Å². The molecule has 1 rings (SSSR count). The normalized spacial score (nSPS) is 12.8. The van der Waals surface area contributed by atoms with E-state index in [1.165, 1.54) is 20.4 Å². The van der Waals surface area contributed by atoms with Gasteiger partial charge in [0.05, 0.1) is 20.4 Å². The van der Waals surface area contributed by atoms with Crippen molar-refractivity contribution < 1.29 is 19.1 Å². The minimum absolute atomic E-state index is 0.158. The summed E-state index contributed by atoms with van der Waals surface area (Å²) in [5, 5.41) is 15.3. The van der Waals surface area contributed by atoms with E-state index in [4.69, 9.17) is 9.47 Å². The molecule has 0 radical (unpaired) electrons. The highest BCUT2D eigenvalue weighted by molar-refractivity contribution is 5.80. The zero-order chi connectivity index (χ0) is 21.3. The Bertz CT molecular complexity index is 715. The smallest absolute Gasteiger partial charge is 0.328 e. The molecule has 2 unspecified atom stereocenters. The highest BCUT2D eigenvalue weighted by Gasteiger charge is 2.24. The van der Waals surface area contributed by atoms with Crippen LogP contribution in [0.15, 0.2) is 6.20 Å². The maximum atomic E-state index is 12.1. The van der Waals surface area contributed by atoms with Crippen molar-refractivity contribution in [2.24, 2.45) is 11.8 Å². The van der Waals surface area contributed by atoms with Gasteiger partial charge in [0.25, 0.3) is 0 Å². The fraction of sp³-hybridized carbons (Fsp3) is 0.632. The second-order valence-electron chi connectivity index (χ2n) is 7.27. The molecular formula is C19H29N5O4. The van der Waals surface area contributed by atoms with Gasteiger partial charge in [0, 0.05) is 0 Å². The van der Waals surface area contributed by atoms with Gasteiger partial charge in [-0.25, -0.2) is 14.6 Å². The Hall–Kier alpha value is -2.89. The van der Waals surface area contributed by atoms with Crippen molar-refractivity contribution in [2.75, 3.05) is 24.9 Å². The summed E-state index contributed by atoms with van der Waals surface area (Å²) in [5.74, 6) is -0.0602. The minimum Gasteiger partial charge on any atom is -0.467 e. The topological polar surface area (TPSA) is 126 Å². The number of methoxy groups -OCH3 is 2. The van der Waals surface area contributed by atoms with Gasteiger partial charge in [0.15, 0.2) is 0 Å². The summed E-state index contributed by atoms with van der Waals surface area (Å²) in [7, 11) is 2.62. The molecule has 0 aliphatic carbocycles. The van der Waals surface area contributed by atoms with E-state index in [-0.39, 0.29) is 29.2 Å². The second kappa shape index (κ2) is 11.1. The van der Waals surface area contributed by atoms with Crippen molar-refractivity contribution in [3.8, 4) is 6.07 Å². The number of nitriles is 1. The van der Waals surface area contributed by atoms with Crippen LogP contribution in [0.3, 0.4) is 0 Å². The molecule has 9 nitrogen and oxygen atoms in total. The summed E-state index contributed by atoms with van der Waals surface area (Å²) in [6.07, 6.45) is 2.37. The van der Waals surface area contributed by atoms with Gasteiger partial charge >= 0.3 is 11.9 Å². The molecule has 2 N–H and O–H groups in total. The van der Waals surface area contributed by atoms with Crippen LogP contribution >= 0.6 is 0 Å². The summed E-state index contributed by atoms with van der Waals surface area (Å²) < 4.78 is 9.67. The number of carbonyl (C=O) groups is 2. The van der Waals surface area contributed by atoms with Crippen molar-refractivity contribution >= 4 is 23.7 Å². The van der Waals surface area contributed by atoms with Crippen molar-refractivity contribution in [1.29, 1.82) is 5.26 Å². The quantitative estimate of drug-likeness (QED) is 0.578. The highest BCUT2D eigenvalue weighted by Crippen LogP contribution is 2.19. The van der Waals surface area contributed by atoms with Gasteiger partial charge in [0.2, 0.25) is 5.95 Å². The summed E-state index contributed by atoms with van der Waals surface area (Å²) in [5.41, 5.74) is 0.182. The lowest BCUT2D eigenvalue weighted by atomic mass is 10.0. The average molecular weight is 391 g/mol. The van der Waals surface area contributed by atoms with E-state index in [2.05, 4.69) is 20.6 Å². The van der Waals surface area contributed by atoms with E-state index in [1.54, 1.807) is 0 Å². The Balaban J connectivity index is 3.14. The molecule has 1 aromatic rings. The van der Waals surface area contributed by atoms with Crippen LogP contribution < -0.4 is 10.6 Å². The molecule has 0 aliphatic heterocycles. The average Bonchev–Trinajstić information content (AvgIpc) is 2.65. The van der Waals surface area contributed by atoms with Crippen LogP contribution in [0.2, 0.25) is 0 Å². The van der Waals surface area contributed by atoms with Crippen LogP contribution in [-0.2, 0) is 19.1 Å². The first kappa shape index (κ1) is 23.1. The number of carbonyl (C=O) groups excluding carboxylic acids is 2. The van der Waals surface area contributed by atoms with Gasteiger partial charge in [-0.2, -0.15) is 10.2 Å². The number of ether oxygens (including phenoxy) is 2. The predicted octanol–water partition coefficient (Wildman–Crippen LogP) is 2.35. The molecule has 0 aliphatic rings.